The van der Waals surface area contributed by atoms with Crippen molar-refractivity contribution in [1.29, 1.82) is 5.41 Å². The molecule has 0 saturated carbocycles. The van der Waals surface area contributed by atoms with Crippen molar-refractivity contribution in [2.75, 3.05) is 0 Å². The molecule has 0 saturated heterocycles. The van der Waals surface area contributed by atoms with Crippen LogP contribution in [0.25, 0.3) is 0 Å². The molecule has 0 aliphatic heterocycles. The average Bonchev–Trinajstić information content (AvgIpc) is 2.32. The number of pyridine rings is 1. The number of hydrogen-bond acceptors (Lipinski definition) is 5. The van der Waals surface area contributed by atoms with Gasteiger partial charge < -0.3 is 5.73 Å². The van der Waals surface area contributed by atoms with Crippen LogP contribution >= 0.6 is 11.8 Å². The lowest BCUT2D eigenvalue weighted by atomic mass is 10.3. The van der Waals surface area contributed by atoms with E-state index in [1.54, 1.807) is 24.7 Å². The predicted octanol–water partition coefficient (Wildman–Crippen LogP) is 1.62. The Kier molecular flexibility index (Phi) is 3.34. The molecule has 2 heterocycles. The fourth-order valence-electron chi connectivity index (χ4n) is 1.16. The summed E-state index contributed by atoms with van der Waals surface area (Å²) >= 11 is 1.41. The number of nitrogens with two attached hydrogens (primary N) is 1. The van der Waals surface area contributed by atoms with Crippen molar-refractivity contribution in [1.82, 2.24) is 15.0 Å². The summed E-state index contributed by atoms with van der Waals surface area (Å²) in [7, 11) is 0. The number of aromatic nitrogens is 3. The zero-order chi connectivity index (χ0) is 12.3. The molecule has 0 aliphatic carbocycles. The van der Waals surface area contributed by atoms with Crippen molar-refractivity contribution in [2.45, 2.75) is 17.0 Å². The summed E-state index contributed by atoms with van der Waals surface area (Å²) in [6.07, 6.45) is 5.15. The van der Waals surface area contributed by atoms with Crippen LogP contribution in [0.15, 0.2) is 40.8 Å². The fraction of sp³-hybridized carbons (Fsp3) is 0.0909. The maximum absolute atomic E-state index is 7.31. The monoisotopic (exact) mass is 245 g/mol. The normalized spacial score (nSPS) is 10.2. The van der Waals surface area contributed by atoms with Crippen molar-refractivity contribution >= 4 is 17.6 Å². The number of aryl methyl sites for hydroxylation is 1. The van der Waals surface area contributed by atoms with E-state index in [1.807, 2.05) is 13.0 Å². The van der Waals surface area contributed by atoms with Crippen molar-refractivity contribution < 1.29 is 0 Å². The minimum absolute atomic E-state index is 0.0442. The topological polar surface area (TPSA) is 88.5 Å². The molecule has 0 unspecified atom stereocenters. The first kappa shape index (κ1) is 11.5. The minimum atomic E-state index is -0.0442. The predicted molar refractivity (Wildman–Crippen MR) is 66.1 cm³/mol. The molecule has 0 aromatic carbocycles. The lowest BCUT2D eigenvalue weighted by Crippen LogP contribution is -2.12. The number of nitrogens with zero attached hydrogens (tertiary/aromatic N) is 3. The van der Waals surface area contributed by atoms with E-state index in [-0.39, 0.29) is 5.84 Å². The van der Waals surface area contributed by atoms with Crippen LogP contribution in [0.1, 0.15) is 11.3 Å². The quantitative estimate of drug-likeness (QED) is 0.487. The van der Waals surface area contributed by atoms with E-state index in [4.69, 9.17) is 11.1 Å². The van der Waals surface area contributed by atoms with Crippen LogP contribution in [0, 0.1) is 12.3 Å². The first-order valence-electron chi connectivity index (χ1n) is 4.92. The summed E-state index contributed by atoms with van der Waals surface area (Å²) in [4.78, 5) is 13.3. The van der Waals surface area contributed by atoms with Gasteiger partial charge in [-0.2, -0.15) is 0 Å². The largest absolute Gasteiger partial charge is 0.382 e. The second kappa shape index (κ2) is 4.92. The van der Waals surface area contributed by atoms with Crippen LogP contribution in [-0.2, 0) is 0 Å². The molecule has 2 rings (SSSR count). The highest BCUT2D eigenvalue weighted by Gasteiger charge is 2.03. The highest BCUT2D eigenvalue weighted by atomic mass is 32.2. The Morgan fingerprint density at radius 3 is 2.65 bits per heavy atom. The molecule has 0 bridgehead atoms. The molecule has 0 amide bonds. The van der Waals surface area contributed by atoms with Crippen LogP contribution < -0.4 is 5.73 Å². The van der Waals surface area contributed by atoms with Gasteiger partial charge in [-0.05, 0) is 36.4 Å². The smallest absolute Gasteiger partial charge is 0.192 e. The van der Waals surface area contributed by atoms with Crippen LogP contribution in [0.5, 0.6) is 0 Å². The van der Waals surface area contributed by atoms with Crippen molar-refractivity contribution in [3.63, 3.8) is 0 Å². The fourth-order valence-corrected chi connectivity index (χ4v) is 1.88. The van der Waals surface area contributed by atoms with Gasteiger partial charge in [-0.3, -0.25) is 10.4 Å². The molecule has 5 nitrogen and oxygen atoms in total. The molecular formula is C11H11N5S. The molecule has 3 N–H and O–H groups in total. The Hall–Kier alpha value is -1.95. The summed E-state index contributed by atoms with van der Waals surface area (Å²) < 4.78 is 0. The van der Waals surface area contributed by atoms with E-state index in [2.05, 4.69) is 15.0 Å². The zero-order valence-corrected chi connectivity index (χ0v) is 10.0. The SMILES string of the molecule is Cc1cnc(Sc2ccnc(C(=N)N)c2)nc1. The molecule has 0 atom stereocenters. The first-order chi connectivity index (χ1) is 8.15. The Balaban J connectivity index is 2.21. The van der Waals surface area contributed by atoms with E-state index < -0.39 is 0 Å². The number of hydrogen-bond donors (Lipinski definition) is 2. The maximum atomic E-state index is 7.31. The van der Waals surface area contributed by atoms with Crippen LogP contribution in [0.3, 0.4) is 0 Å². The van der Waals surface area contributed by atoms with Gasteiger partial charge in [0.2, 0.25) is 0 Å². The van der Waals surface area contributed by atoms with Gasteiger partial charge in [0.25, 0.3) is 0 Å². The molecule has 2 aromatic rings. The average molecular weight is 245 g/mol. The van der Waals surface area contributed by atoms with Gasteiger partial charge in [0.1, 0.15) is 11.5 Å². The summed E-state index contributed by atoms with van der Waals surface area (Å²) in [6.45, 7) is 1.94. The Labute approximate surface area is 103 Å². The zero-order valence-electron chi connectivity index (χ0n) is 9.21. The molecule has 86 valence electrons. The molecule has 6 heteroatoms. The van der Waals surface area contributed by atoms with Gasteiger partial charge in [-0.25, -0.2) is 9.97 Å². The highest BCUT2D eigenvalue weighted by Crippen LogP contribution is 2.23. The molecule has 17 heavy (non-hydrogen) atoms. The lowest BCUT2D eigenvalue weighted by Gasteiger charge is -2.02. The van der Waals surface area contributed by atoms with Crippen molar-refractivity contribution in [3.05, 3.63) is 42.0 Å². The maximum Gasteiger partial charge on any atom is 0.192 e. The summed E-state index contributed by atoms with van der Waals surface area (Å²) in [5.74, 6) is -0.0442. The molecule has 0 fully saturated rings. The number of rotatable bonds is 3. The lowest BCUT2D eigenvalue weighted by molar-refractivity contribution is 0.949. The van der Waals surface area contributed by atoms with E-state index in [1.165, 1.54) is 11.8 Å². The van der Waals surface area contributed by atoms with Gasteiger partial charge in [0.05, 0.1) is 0 Å². The molecule has 2 aromatic heterocycles. The Morgan fingerprint density at radius 2 is 2.00 bits per heavy atom. The third-order valence-corrected chi connectivity index (χ3v) is 2.86. The molecule has 0 radical (unpaired) electrons. The van der Waals surface area contributed by atoms with Gasteiger partial charge in [-0.15, -0.1) is 0 Å². The van der Waals surface area contributed by atoms with Crippen molar-refractivity contribution in [2.24, 2.45) is 5.73 Å². The van der Waals surface area contributed by atoms with Crippen molar-refractivity contribution in [3.8, 4) is 0 Å². The number of amidine groups is 1. The first-order valence-corrected chi connectivity index (χ1v) is 5.74. The van der Waals surface area contributed by atoms with E-state index in [0.29, 0.717) is 10.9 Å². The molecule has 0 aliphatic rings. The molecule has 0 spiro atoms. The summed E-state index contributed by atoms with van der Waals surface area (Å²) in [5.41, 5.74) is 6.86. The van der Waals surface area contributed by atoms with Gasteiger partial charge >= 0.3 is 0 Å². The third kappa shape index (κ3) is 3.01. The molecular weight excluding hydrogens is 234 g/mol. The van der Waals surface area contributed by atoms with E-state index in [9.17, 15) is 0 Å². The van der Waals surface area contributed by atoms with Gasteiger partial charge in [0.15, 0.2) is 5.16 Å². The van der Waals surface area contributed by atoms with Gasteiger partial charge in [-0.1, -0.05) is 0 Å². The number of nitrogen functional groups attached to an aromatic ring is 1. The second-order valence-electron chi connectivity index (χ2n) is 3.44. The van der Waals surface area contributed by atoms with Gasteiger partial charge in [0, 0.05) is 23.5 Å². The Bertz CT molecular complexity index is 538. The third-order valence-electron chi connectivity index (χ3n) is 1.97. The van der Waals surface area contributed by atoms with E-state index in [0.717, 1.165) is 10.5 Å². The summed E-state index contributed by atoms with van der Waals surface area (Å²) in [5, 5.41) is 7.98. The minimum Gasteiger partial charge on any atom is -0.382 e. The second-order valence-corrected chi connectivity index (χ2v) is 4.48. The highest BCUT2D eigenvalue weighted by molar-refractivity contribution is 7.99. The van der Waals surface area contributed by atoms with Crippen LogP contribution in [-0.4, -0.2) is 20.8 Å². The number of nitrogens with one attached hydrogen (secondary N) is 1. The summed E-state index contributed by atoms with van der Waals surface area (Å²) in [6, 6.07) is 3.58. The van der Waals surface area contributed by atoms with Crippen LogP contribution in [0.4, 0.5) is 0 Å². The standard InChI is InChI=1S/C11H11N5S/c1-7-5-15-11(16-6-7)17-8-2-3-14-9(4-8)10(12)13/h2-6H,1H3,(H3,12,13). The van der Waals surface area contributed by atoms with Crippen LogP contribution in [0.2, 0.25) is 0 Å². The Morgan fingerprint density at radius 1 is 1.29 bits per heavy atom. The van der Waals surface area contributed by atoms with E-state index >= 15 is 0 Å².